The molecule has 0 fully saturated rings. The van der Waals surface area contributed by atoms with Crippen molar-refractivity contribution in [3.63, 3.8) is 0 Å². The third-order valence-corrected chi connectivity index (χ3v) is 2.44. The Balaban J connectivity index is 2.02. The van der Waals surface area contributed by atoms with Gasteiger partial charge in [0.2, 0.25) is 0 Å². The Morgan fingerprint density at radius 2 is 2.37 bits per heavy atom. The summed E-state index contributed by atoms with van der Waals surface area (Å²) in [5.41, 5.74) is 2.14. The zero-order valence-electron chi connectivity index (χ0n) is 10.2. The highest BCUT2D eigenvalue weighted by Crippen LogP contribution is 2.04. The SMILES string of the molecule is O=C(NCc1cn[nH]c1)c1cccc(C#CCO)c1. The van der Waals surface area contributed by atoms with Crippen molar-refractivity contribution in [2.45, 2.75) is 6.54 Å². The molecule has 3 N–H and O–H groups in total. The number of nitrogens with one attached hydrogen (secondary N) is 2. The highest BCUT2D eigenvalue weighted by atomic mass is 16.2. The van der Waals surface area contributed by atoms with Gasteiger partial charge in [-0.2, -0.15) is 5.10 Å². The number of rotatable bonds is 3. The van der Waals surface area contributed by atoms with Gasteiger partial charge in [0, 0.05) is 29.4 Å². The Morgan fingerprint density at radius 3 is 3.11 bits per heavy atom. The van der Waals surface area contributed by atoms with Crippen molar-refractivity contribution in [3.05, 3.63) is 53.3 Å². The second kappa shape index (κ2) is 6.38. The second-order valence-electron chi connectivity index (χ2n) is 3.83. The lowest BCUT2D eigenvalue weighted by Crippen LogP contribution is -2.22. The lowest BCUT2D eigenvalue weighted by atomic mass is 10.1. The zero-order chi connectivity index (χ0) is 13.5. The number of aliphatic hydroxyl groups is 1. The summed E-state index contributed by atoms with van der Waals surface area (Å²) in [6.45, 7) is 0.221. The lowest BCUT2D eigenvalue weighted by molar-refractivity contribution is 0.0951. The van der Waals surface area contributed by atoms with Gasteiger partial charge in [0.25, 0.3) is 5.91 Å². The predicted molar refractivity (Wildman–Crippen MR) is 70.2 cm³/mol. The molecule has 0 spiro atoms. The molecule has 5 heteroatoms. The molecule has 1 aromatic carbocycles. The molecule has 1 aromatic heterocycles. The van der Waals surface area contributed by atoms with E-state index in [1.165, 1.54) is 0 Å². The summed E-state index contributed by atoms with van der Waals surface area (Å²) in [6.07, 6.45) is 3.38. The van der Waals surface area contributed by atoms with Crippen LogP contribution >= 0.6 is 0 Å². The molecular weight excluding hydrogens is 242 g/mol. The molecule has 0 saturated heterocycles. The fourth-order valence-electron chi connectivity index (χ4n) is 1.54. The maximum atomic E-state index is 11.9. The average Bonchev–Trinajstić information content (AvgIpc) is 2.96. The van der Waals surface area contributed by atoms with Gasteiger partial charge in [0.1, 0.15) is 6.61 Å². The number of carbonyl (C=O) groups excluding carboxylic acids is 1. The summed E-state index contributed by atoms with van der Waals surface area (Å²) in [6, 6.07) is 6.95. The Morgan fingerprint density at radius 1 is 1.47 bits per heavy atom. The number of aromatic amines is 1. The fraction of sp³-hybridized carbons (Fsp3) is 0.143. The van der Waals surface area contributed by atoms with E-state index in [2.05, 4.69) is 27.4 Å². The minimum Gasteiger partial charge on any atom is -0.384 e. The van der Waals surface area contributed by atoms with Crippen molar-refractivity contribution in [2.24, 2.45) is 0 Å². The van der Waals surface area contributed by atoms with Crippen LogP contribution in [0.2, 0.25) is 0 Å². The summed E-state index contributed by atoms with van der Waals surface area (Å²) in [7, 11) is 0. The van der Waals surface area contributed by atoms with Gasteiger partial charge in [-0.1, -0.05) is 17.9 Å². The third kappa shape index (κ3) is 3.69. The zero-order valence-corrected chi connectivity index (χ0v) is 10.2. The van der Waals surface area contributed by atoms with Gasteiger partial charge >= 0.3 is 0 Å². The summed E-state index contributed by atoms with van der Waals surface area (Å²) in [4.78, 5) is 11.9. The molecule has 0 atom stereocenters. The van der Waals surface area contributed by atoms with E-state index < -0.39 is 0 Å². The standard InChI is InChI=1S/C14H13N3O2/c18-6-2-4-11-3-1-5-13(7-11)14(19)15-8-12-9-16-17-10-12/h1,3,5,7,9-10,18H,6,8H2,(H,15,19)(H,16,17). The first kappa shape index (κ1) is 12.9. The molecule has 0 aliphatic carbocycles. The molecule has 1 heterocycles. The van der Waals surface area contributed by atoms with Gasteiger partial charge in [0.15, 0.2) is 0 Å². The van der Waals surface area contributed by atoms with E-state index in [1.807, 2.05) is 0 Å². The van der Waals surface area contributed by atoms with E-state index in [-0.39, 0.29) is 12.5 Å². The van der Waals surface area contributed by atoms with Crippen molar-refractivity contribution in [1.82, 2.24) is 15.5 Å². The molecule has 5 nitrogen and oxygen atoms in total. The van der Waals surface area contributed by atoms with Gasteiger partial charge in [-0.25, -0.2) is 0 Å². The number of benzene rings is 1. The fourth-order valence-corrected chi connectivity index (χ4v) is 1.54. The van der Waals surface area contributed by atoms with Crippen molar-refractivity contribution in [2.75, 3.05) is 6.61 Å². The van der Waals surface area contributed by atoms with Gasteiger partial charge in [-0.05, 0) is 18.2 Å². The van der Waals surface area contributed by atoms with Crippen molar-refractivity contribution >= 4 is 5.91 Å². The maximum absolute atomic E-state index is 11.9. The van der Waals surface area contributed by atoms with E-state index in [9.17, 15) is 4.79 Å². The number of hydrogen-bond donors (Lipinski definition) is 3. The molecule has 0 aliphatic heterocycles. The lowest BCUT2D eigenvalue weighted by Gasteiger charge is -2.03. The Hall–Kier alpha value is -2.58. The monoisotopic (exact) mass is 255 g/mol. The van der Waals surface area contributed by atoms with Crippen LogP contribution in [0, 0.1) is 11.8 Å². The van der Waals surface area contributed by atoms with Gasteiger partial charge in [-0.15, -0.1) is 0 Å². The first-order valence-electron chi connectivity index (χ1n) is 5.75. The first-order chi connectivity index (χ1) is 9.29. The molecule has 1 amide bonds. The van der Waals surface area contributed by atoms with Crippen LogP contribution < -0.4 is 5.32 Å². The number of amides is 1. The summed E-state index contributed by atoms with van der Waals surface area (Å²) >= 11 is 0. The highest BCUT2D eigenvalue weighted by molar-refractivity contribution is 5.94. The molecule has 0 unspecified atom stereocenters. The first-order valence-corrected chi connectivity index (χ1v) is 5.75. The molecule has 2 rings (SSSR count). The van der Waals surface area contributed by atoms with Crippen LogP contribution in [0.25, 0.3) is 0 Å². The van der Waals surface area contributed by atoms with Crippen LogP contribution in [0.15, 0.2) is 36.7 Å². The van der Waals surface area contributed by atoms with Gasteiger partial charge in [-0.3, -0.25) is 9.89 Å². The van der Waals surface area contributed by atoms with Crippen LogP contribution in [0.3, 0.4) is 0 Å². The summed E-state index contributed by atoms with van der Waals surface area (Å²) < 4.78 is 0. The van der Waals surface area contributed by atoms with Crippen LogP contribution in [0.5, 0.6) is 0 Å². The van der Waals surface area contributed by atoms with E-state index in [1.54, 1.807) is 36.7 Å². The molecule has 2 aromatic rings. The second-order valence-corrected chi connectivity index (χ2v) is 3.83. The smallest absolute Gasteiger partial charge is 0.251 e. The van der Waals surface area contributed by atoms with E-state index in [0.717, 1.165) is 5.56 Å². The van der Waals surface area contributed by atoms with E-state index in [4.69, 9.17) is 5.11 Å². The number of aromatic nitrogens is 2. The van der Waals surface area contributed by atoms with Crippen LogP contribution in [0.1, 0.15) is 21.5 Å². The van der Waals surface area contributed by atoms with Crippen LogP contribution in [-0.2, 0) is 6.54 Å². The summed E-state index contributed by atoms with van der Waals surface area (Å²) in [5, 5.41) is 17.9. The van der Waals surface area contributed by atoms with Crippen molar-refractivity contribution in [3.8, 4) is 11.8 Å². The van der Waals surface area contributed by atoms with E-state index in [0.29, 0.717) is 17.7 Å². The number of hydrogen-bond acceptors (Lipinski definition) is 3. The number of aliphatic hydroxyl groups excluding tert-OH is 1. The van der Waals surface area contributed by atoms with Gasteiger partial charge in [0.05, 0.1) is 6.20 Å². The predicted octanol–water partition coefficient (Wildman–Crippen LogP) is 0.683. The molecule has 96 valence electrons. The molecule has 0 bridgehead atoms. The third-order valence-electron chi connectivity index (χ3n) is 2.44. The molecule has 0 saturated carbocycles. The normalized spacial score (nSPS) is 9.53. The highest BCUT2D eigenvalue weighted by Gasteiger charge is 2.05. The molecular formula is C14H13N3O2. The topological polar surface area (TPSA) is 78.0 Å². The van der Waals surface area contributed by atoms with Crippen LogP contribution in [-0.4, -0.2) is 27.8 Å². The Kier molecular flexibility index (Phi) is 4.32. The average molecular weight is 255 g/mol. The van der Waals surface area contributed by atoms with Gasteiger partial charge < -0.3 is 10.4 Å². The van der Waals surface area contributed by atoms with Crippen molar-refractivity contribution in [1.29, 1.82) is 0 Å². The Bertz CT molecular complexity index is 609. The number of carbonyl (C=O) groups is 1. The summed E-state index contributed by atoms with van der Waals surface area (Å²) in [5.74, 6) is 5.14. The van der Waals surface area contributed by atoms with E-state index >= 15 is 0 Å². The molecule has 0 radical (unpaired) electrons. The quantitative estimate of drug-likeness (QED) is 0.706. The largest absolute Gasteiger partial charge is 0.384 e. The maximum Gasteiger partial charge on any atom is 0.251 e. The number of nitrogens with zero attached hydrogens (tertiary/aromatic N) is 1. The van der Waals surface area contributed by atoms with Crippen molar-refractivity contribution < 1.29 is 9.90 Å². The van der Waals surface area contributed by atoms with Crippen LogP contribution in [0.4, 0.5) is 0 Å². The molecule has 0 aliphatic rings. The number of H-pyrrole nitrogens is 1. The Labute approximate surface area is 110 Å². The minimum atomic E-state index is -0.198. The molecule has 19 heavy (non-hydrogen) atoms. The minimum absolute atomic E-state index is 0.172.